The molecule has 5 nitrogen and oxygen atoms in total. The first-order valence-corrected chi connectivity index (χ1v) is 5.77. The van der Waals surface area contributed by atoms with Crippen LogP contribution >= 0.6 is 12.4 Å². The zero-order chi connectivity index (χ0) is 13.4. The molecule has 0 aromatic carbocycles. The molecule has 1 unspecified atom stereocenters. The van der Waals surface area contributed by atoms with Gasteiger partial charge in [0.1, 0.15) is 0 Å². The van der Waals surface area contributed by atoms with Gasteiger partial charge in [-0.2, -0.15) is 0 Å². The van der Waals surface area contributed by atoms with Crippen molar-refractivity contribution in [1.82, 2.24) is 10.2 Å². The molecular weight excluding hydrogens is 256 g/mol. The summed E-state index contributed by atoms with van der Waals surface area (Å²) in [6, 6.07) is 0. The Hall–Kier alpha value is -1.07. The quantitative estimate of drug-likeness (QED) is 0.434. The Morgan fingerprint density at radius 3 is 2.11 bits per heavy atom. The van der Waals surface area contributed by atoms with E-state index in [-0.39, 0.29) is 24.9 Å². The summed E-state index contributed by atoms with van der Waals surface area (Å²) in [4.78, 5) is 24.3. The molecule has 0 aromatic rings. The Labute approximate surface area is 115 Å². The topological polar surface area (TPSA) is 58.6 Å². The van der Waals surface area contributed by atoms with Gasteiger partial charge in [-0.3, -0.25) is 9.69 Å². The molecule has 6 heteroatoms. The number of carbonyl (C=O) groups excluding carboxylic acids is 2. The first-order valence-electron chi connectivity index (χ1n) is 5.77. The van der Waals surface area contributed by atoms with E-state index in [0.717, 1.165) is 13.1 Å². The van der Waals surface area contributed by atoms with Crippen LogP contribution in [0.4, 0.5) is 0 Å². The van der Waals surface area contributed by atoms with E-state index >= 15 is 0 Å². The number of esters is 1. The lowest BCUT2D eigenvalue weighted by Gasteiger charge is -2.29. The lowest BCUT2D eigenvalue weighted by molar-refractivity contribution is -0.154. The van der Waals surface area contributed by atoms with E-state index in [4.69, 9.17) is 4.74 Å². The molecule has 0 spiro atoms. The van der Waals surface area contributed by atoms with Crippen LogP contribution in [0.25, 0.3) is 0 Å². The van der Waals surface area contributed by atoms with Gasteiger partial charge in [-0.1, -0.05) is 20.4 Å². The SMILES string of the molecule is C=C(C)C(=O)OC(CNC(C)=O)N(CC)CC.Cl. The third kappa shape index (κ3) is 7.29. The second-order valence-corrected chi connectivity index (χ2v) is 3.80. The van der Waals surface area contributed by atoms with Crippen LogP contribution in [-0.2, 0) is 14.3 Å². The molecule has 1 amide bonds. The van der Waals surface area contributed by atoms with Gasteiger partial charge in [0, 0.05) is 12.5 Å². The van der Waals surface area contributed by atoms with Crippen LogP contribution in [0.3, 0.4) is 0 Å². The van der Waals surface area contributed by atoms with Crippen molar-refractivity contribution in [1.29, 1.82) is 0 Å². The van der Waals surface area contributed by atoms with Crippen LogP contribution in [-0.4, -0.2) is 42.6 Å². The molecule has 0 fully saturated rings. The minimum absolute atomic E-state index is 0. The number of rotatable bonds is 7. The number of carbonyl (C=O) groups is 2. The number of likely N-dealkylation sites (N-methyl/N-ethyl adjacent to an activating group) is 1. The average molecular weight is 279 g/mol. The van der Waals surface area contributed by atoms with E-state index < -0.39 is 12.2 Å². The summed E-state index contributed by atoms with van der Waals surface area (Å²) in [5.41, 5.74) is 0.352. The van der Waals surface area contributed by atoms with Gasteiger partial charge in [0.15, 0.2) is 6.23 Å². The largest absolute Gasteiger partial charge is 0.441 e. The fourth-order valence-corrected chi connectivity index (χ4v) is 1.33. The molecule has 0 saturated heterocycles. The molecule has 0 bridgehead atoms. The summed E-state index contributed by atoms with van der Waals surface area (Å²) in [6.07, 6.45) is -0.446. The number of hydrogen-bond acceptors (Lipinski definition) is 4. The van der Waals surface area contributed by atoms with Crippen LogP contribution in [0, 0.1) is 0 Å². The lowest BCUT2D eigenvalue weighted by Crippen LogP contribution is -2.46. The highest BCUT2D eigenvalue weighted by atomic mass is 35.5. The van der Waals surface area contributed by atoms with Crippen LogP contribution in [0.1, 0.15) is 27.7 Å². The van der Waals surface area contributed by atoms with Gasteiger partial charge in [0.05, 0.1) is 6.54 Å². The molecule has 0 aliphatic rings. The van der Waals surface area contributed by atoms with Gasteiger partial charge in [-0.15, -0.1) is 12.4 Å². The number of amides is 1. The van der Waals surface area contributed by atoms with Crippen molar-refractivity contribution in [3.63, 3.8) is 0 Å². The minimum atomic E-state index is -0.446. The molecule has 0 saturated carbocycles. The number of ether oxygens (including phenoxy) is 1. The molecular formula is C12H23ClN2O3. The molecule has 0 aliphatic carbocycles. The van der Waals surface area contributed by atoms with E-state index in [0.29, 0.717) is 5.57 Å². The highest BCUT2D eigenvalue weighted by molar-refractivity contribution is 5.87. The van der Waals surface area contributed by atoms with Gasteiger partial charge in [0.25, 0.3) is 0 Å². The summed E-state index contributed by atoms with van der Waals surface area (Å²) in [5.74, 6) is -0.583. The predicted octanol–water partition coefficient (Wildman–Crippen LogP) is 1.33. The maximum absolute atomic E-state index is 11.5. The summed E-state index contributed by atoms with van der Waals surface area (Å²) >= 11 is 0. The number of nitrogens with one attached hydrogen (secondary N) is 1. The molecule has 0 aliphatic heterocycles. The second-order valence-electron chi connectivity index (χ2n) is 3.80. The zero-order valence-corrected chi connectivity index (χ0v) is 12.3. The minimum Gasteiger partial charge on any atom is -0.441 e. The Morgan fingerprint density at radius 2 is 1.78 bits per heavy atom. The van der Waals surface area contributed by atoms with Gasteiger partial charge in [0.2, 0.25) is 5.91 Å². The molecule has 18 heavy (non-hydrogen) atoms. The van der Waals surface area contributed by atoms with Gasteiger partial charge >= 0.3 is 5.97 Å². The van der Waals surface area contributed by atoms with Crippen LogP contribution < -0.4 is 5.32 Å². The maximum Gasteiger partial charge on any atom is 0.334 e. The maximum atomic E-state index is 11.5. The Morgan fingerprint density at radius 1 is 1.28 bits per heavy atom. The molecule has 106 valence electrons. The second kappa shape index (κ2) is 9.91. The van der Waals surface area contributed by atoms with Crippen LogP contribution in [0.15, 0.2) is 12.2 Å². The smallest absolute Gasteiger partial charge is 0.334 e. The predicted molar refractivity (Wildman–Crippen MR) is 73.5 cm³/mol. The standard InChI is InChI=1S/C12H22N2O3.ClH/c1-6-14(7-2)11(8-13-10(5)15)17-12(16)9(3)4;/h11H,3,6-8H2,1-2,4-5H3,(H,13,15);1H. The first-order chi connectivity index (χ1) is 7.92. The molecule has 1 N–H and O–H groups in total. The monoisotopic (exact) mass is 278 g/mol. The van der Waals surface area contributed by atoms with Crippen molar-refractivity contribution < 1.29 is 14.3 Å². The highest BCUT2D eigenvalue weighted by Crippen LogP contribution is 2.04. The number of hydrogen-bond donors (Lipinski definition) is 1. The number of nitrogens with zero attached hydrogens (tertiary/aromatic N) is 1. The zero-order valence-electron chi connectivity index (χ0n) is 11.5. The Bertz CT molecular complexity index is 291. The average Bonchev–Trinajstić information content (AvgIpc) is 2.26. The summed E-state index contributed by atoms with van der Waals surface area (Å²) in [7, 11) is 0. The third-order valence-corrected chi connectivity index (χ3v) is 2.34. The van der Waals surface area contributed by atoms with Gasteiger partial charge in [-0.25, -0.2) is 4.79 Å². The van der Waals surface area contributed by atoms with E-state index in [2.05, 4.69) is 11.9 Å². The van der Waals surface area contributed by atoms with Crippen LogP contribution in [0.2, 0.25) is 0 Å². The summed E-state index contributed by atoms with van der Waals surface area (Å²) in [5, 5.41) is 2.65. The molecule has 0 radical (unpaired) electrons. The van der Waals surface area contributed by atoms with E-state index in [1.54, 1.807) is 6.92 Å². The highest BCUT2D eigenvalue weighted by Gasteiger charge is 2.20. The molecule has 0 rings (SSSR count). The van der Waals surface area contributed by atoms with Gasteiger partial charge < -0.3 is 10.1 Å². The Balaban J connectivity index is 0. The van der Waals surface area contributed by atoms with Crippen molar-refractivity contribution in [2.45, 2.75) is 33.9 Å². The summed E-state index contributed by atoms with van der Waals surface area (Å²) in [6.45, 7) is 12.3. The van der Waals surface area contributed by atoms with E-state index in [9.17, 15) is 9.59 Å². The third-order valence-electron chi connectivity index (χ3n) is 2.34. The molecule has 0 heterocycles. The Kier molecular flexibility index (Phi) is 10.6. The van der Waals surface area contributed by atoms with E-state index in [1.165, 1.54) is 6.92 Å². The summed E-state index contributed by atoms with van der Waals surface area (Å²) < 4.78 is 5.28. The molecule has 0 aromatic heterocycles. The van der Waals surface area contributed by atoms with Crippen molar-refractivity contribution in [3.8, 4) is 0 Å². The van der Waals surface area contributed by atoms with Gasteiger partial charge in [-0.05, 0) is 20.0 Å². The van der Waals surface area contributed by atoms with Crippen molar-refractivity contribution in [2.75, 3.05) is 19.6 Å². The fourth-order valence-electron chi connectivity index (χ4n) is 1.33. The first kappa shape index (κ1) is 19.3. The van der Waals surface area contributed by atoms with Crippen LogP contribution in [0.5, 0.6) is 0 Å². The normalized spacial score (nSPS) is 11.4. The van der Waals surface area contributed by atoms with E-state index in [1.807, 2.05) is 18.7 Å². The lowest BCUT2D eigenvalue weighted by atomic mass is 10.3. The number of halogens is 1. The fraction of sp³-hybridized carbons (Fsp3) is 0.667. The van der Waals surface area contributed by atoms with Crippen molar-refractivity contribution >= 4 is 24.3 Å². The van der Waals surface area contributed by atoms with Crippen molar-refractivity contribution in [2.24, 2.45) is 0 Å². The molecule has 1 atom stereocenters. The van der Waals surface area contributed by atoms with Crippen molar-refractivity contribution in [3.05, 3.63) is 12.2 Å².